The Labute approximate surface area is 181 Å². The third-order valence-electron chi connectivity index (χ3n) is 5.51. The van der Waals surface area contributed by atoms with Crippen LogP contribution in [-0.4, -0.2) is 55.7 Å². The van der Waals surface area contributed by atoms with Gasteiger partial charge in [0.1, 0.15) is 11.7 Å². The van der Waals surface area contributed by atoms with Gasteiger partial charge in [0.05, 0.1) is 25.2 Å². The molecule has 1 amide bonds. The van der Waals surface area contributed by atoms with Crippen LogP contribution in [-0.2, 0) is 19.1 Å². The van der Waals surface area contributed by atoms with E-state index in [0.717, 1.165) is 30.5 Å². The SMILES string of the molecule is CCOC(=O)C1CCCN(c2cc(C(=O)NC(CC)C(=O)OC)nc3ccccc23)C1. The molecule has 166 valence electrons. The number of fused-ring (bicyclic) bond motifs is 1. The molecule has 1 aliphatic heterocycles. The van der Waals surface area contributed by atoms with Gasteiger partial charge in [0.2, 0.25) is 0 Å². The zero-order valence-electron chi connectivity index (χ0n) is 18.2. The largest absolute Gasteiger partial charge is 0.467 e. The number of esters is 2. The highest BCUT2D eigenvalue weighted by atomic mass is 16.5. The summed E-state index contributed by atoms with van der Waals surface area (Å²) in [5, 5.41) is 3.61. The Balaban J connectivity index is 1.93. The maximum atomic E-state index is 12.9. The Hall–Kier alpha value is -3.16. The second-order valence-corrected chi connectivity index (χ2v) is 7.54. The highest BCUT2D eigenvalue weighted by Crippen LogP contribution is 2.31. The molecule has 1 saturated heterocycles. The zero-order valence-corrected chi connectivity index (χ0v) is 18.2. The number of ether oxygens (including phenoxy) is 2. The van der Waals surface area contributed by atoms with Gasteiger partial charge in [-0.15, -0.1) is 0 Å². The summed E-state index contributed by atoms with van der Waals surface area (Å²) in [5.41, 5.74) is 1.74. The molecule has 2 unspecified atom stereocenters. The number of carbonyl (C=O) groups excluding carboxylic acids is 3. The molecule has 31 heavy (non-hydrogen) atoms. The number of nitrogens with one attached hydrogen (secondary N) is 1. The van der Waals surface area contributed by atoms with Crippen molar-refractivity contribution in [3.63, 3.8) is 0 Å². The lowest BCUT2D eigenvalue weighted by molar-refractivity contribution is -0.148. The molecule has 3 rings (SSSR count). The first-order valence-corrected chi connectivity index (χ1v) is 10.7. The first kappa shape index (κ1) is 22.5. The summed E-state index contributed by atoms with van der Waals surface area (Å²) in [5.74, 6) is -1.33. The molecule has 0 aliphatic carbocycles. The van der Waals surface area contributed by atoms with Gasteiger partial charge in [-0.2, -0.15) is 0 Å². The van der Waals surface area contributed by atoms with E-state index in [1.807, 2.05) is 24.3 Å². The lowest BCUT2D eigenvalue weighted by Gasteiger charge is -2.34. The fourth-order valence-electron chi connectivity index (χ4n) is 3.89. The molecule has 8 nitrogen and oxygen atoms in total. The molecule has 0 spiro atoms. The number of benzene rings is 1. The van der Waals surface area contributed by atoms with Crippen molar-refractivity contribution >= 4 is 34.4 Å². The van der Waals surface area contributed by atoms with E-state index in [2.05, 4.69) is 15.2 Å². The van der Waals surface area contributed by atoms with Crippen molar-refractivity contribution < 1.29 is 23.9 Å². The van der Waals surface area contributed by atoms with Crippen LogP contribution in [0.15, 0.2) is 30.3 Å². The maximum absolute atomic E-state index is 12.9. The number of pyridine rings is 1. The van der Waals surface area contributed by atoms with E-state index < -0.39 is 17.9 Å². The van der Waals surface area contributed by atoms with Crippen LogP contribution in [0.3, 0.4) is 0 Å². The first-order chi connectivity index (χ1) is 15.0. The lowest BCUT2D eigenvalue weighted by Crippen LogP contribution is -2.42. The Morgan fingerprint density at radius 3 is 2.74 bits per heavy atom. The zero-order chi connectivity index (χ0) is 22.4. The smallest absolute Gasteiger partial charge is 0.328 e. The van der Waals surface area contributed by atoms with Crippen molar-refractivity contribution in [3.8, 4) is 0 Å². The van der Waals surface area contributed by atoms with Crippen LogP contribution in [0, 0.1) is 5.92 Å². The van der Waals surface area contributed by atoms with Crippen molar-refractivity contribution in [2.24, 2.45) is 5.92 Å². The van der Waals surface area contributed by atoms with E-state index in [4.69, 9.17) is 9.47 Å². The van der Waals surface area contributed by atoms with E-state index in [0.29, 0.717) is 25.1 Å². The van der Waals surface area contributed by atoms with E-state index in [9.17, 15) is 14.4 Å². The van der Waals surface area contributed by atoms with Crippen LogP contribution < -0.4 is 10.2 Å². The third-order valence-corrected chi connectivity index (χ3v) is 5.51. The molecule has 2 atom stereocenters. The number of carbonyl (C=O) groups is 3. The summed E-state index contributed by atoms with van der Waals surface area (Å²) >= 11 is 0. The van der Waals surface area contributed by atoms with Gasteiger partial charge >= 0.3 is 11.9 Å². The van der Waals surface area contributed by atoms with Gasteiger partial charge in [0.15, 0.2) is 0 Å². The Morgan fingerprint density at radius 1 is 1.26 bits per heavy atom. The minimum atomic E-state index is -0.739. The third kappa shape index (κ3) is 5.13. The monoisotopic (exact) mass is 427 g/mol. The summed E-state index contributed by atoms with van der Waals surface area (Å²) in [6.45, 7) is 5.25. The normalized spacial score (nSPS) is 17.1. The molecule has 0 radical (unpaired) electrons. The molecule has 1 fully saturated rings. The predicted molar refractivity (Wildman–Crippen MR) is 117 cm³/mol. The molecule has 1 aliphatic rings. The van der Waals surface area contributed by atoms with Crippen LogP contribution in [0.25, 0.3) is 10.9 Å². The van der Waals surface area contributed by atoms with E-state index in [1.165, 1.54) is 7.11 Å². The number of amides is 1. The van der Waals surface area contributed by atoms with Gasteiger partial charge in [-0.3, -0.25) is 9.59 Å². The van der Waals surface area contributed by atoms with Crippen molar-refractivity contribution in [1.82, 2.24) is 10.3 Å². The fourth-order valence-corrected chi connectivity index (χ4v) is 3.89. The minimum Gasteiger partial charge on any atom is -0.467 e. The molecule has 2 heterocycles. The van der Waals surface area contributed by atoms with Crippen LogP contribution >= 0.6 is 0 Å². The number of anilines is 1. The topological polar surface area (TPSA) is 97.8 Å². The number of hydrogen-bond donors (Lipinski definition) is 1. The summed E-state index contributed by atoms with van der Waals surface area (Å²) in [7, 11) is 1.29. The van der Waals surface area contributed by atoms with Crippen LogP contribution in [0.2, 0.25) is 0 Å². The summed E-state index contributed by atoms with van der Waals surface area (Å²) in [4.78, 5) is 43.7. The number of rotatable bonds is 7. The molecule has 1 aromatic heterocycles. The molecular formula is C23H29N3O5. The van der Waals surface area contributed by atoms with Crippen molar-refractivity contribution in [1.29, 1.82) is 0 Å². The van der Waals surface area contributed by atoms with E-state index in [-0.39, 0.29) is 17.6 Å². The highest BCUT2D eigenvalue weighted by Gasteiger charge is 2.29. The number of para-hydroxylation sites is 1. The second kappa shape index (κ2) is 10.2. The predicted octanol–water partition coefficient (Wildman–Crippen LogP) is 2.70. The number of methoxy groups -OCH3 is 1. The molecule has 0 bridgehead atoms. The Morgan fingerprint density at radius 2 is 2.03 bits per heavy atom. The molecule has 8 heteroatoms. The molecule has 1 N–H and O–H groups in total. The molecular weight excluding hydrogens is 398 g/mol. The standard InChI is InChI=1S/C23H29N3O5/c1-4-17(23(29)30-3)25-21(27)19-13-20(16-10-6-7-11-18(16)24-19)26-12-8-9-15(14-26)22(28)31-5-2/h6-7,10-11,13,15,17H,4-5,8-9,12,14H2,1-3H3,(H,25,27). The van der Waals surface area contributed by atoms with Gasteiger partial charge in [0, 0.05) is 24.2 Å². The highest BCUT2D eigenvalue weighted by molar-refractivity contribution is 6.01. The number of piperidine rings is 1. The van der Waals surface area contributed by atoms with E-state index in [1.54, 1.807) is 19.9 Å². The van der Waals surface area contributed by atoms with Crippen LogP contribution in [0.1, 0.15) is 43.6 Å². The minimum absolute atomic E-state index is 0.188. The molecule has 2 aromatic rings. The lowest BCUT2D eigenvalue weighted by atomic mass is 9.97. The van der Waals surface area contributed by atoms with Gasteiger partial charge < -0.3 is 19.7 Å². The van der Waals surface area contributed by atoms with Gasteiger partial charge in [-0.25, -0.2) is 9.78 Å². The van der Waals surface area contributed by atoms with Crippen molar-refractivity contribution in [3.05, 3.63) is 36.0 Å². The average molecular weight is 428 g/mol. The number of aromatic nitrogens is 1. The number of hydrogen-bond acceptors (Lipinski definition) is 7. The number of nitrogens with zero attached hydrogens (tertiary/aromatic N) is 2. The van der Waals surface area contributed by atoms with Gasteiger partial charge in [-0.1, -0.05) is 25.1 Å². The average Bonchev–Trinajstić information content (AvgIpc) is 2.81. The molecule has 0 saturated carbocycles. The Bertz CT molecular complexity index is 961. The summed E-state index contributed by atoms with van der Waals surface area (Å²) in [6.07, 6.45) is 2.04. The quantitative estimate of drug-likeness (QED) is 0.679. The first-order valence-electron chi connectivity index (χ1n) is 10.7. The maximum Gasteiger partial charge on any atom is 0.328 e. The van der Waals surface area contributed by atoms with Crippen molar-refractivity contribution in [2.75, 3.05) is 31.7 Å². The molecule has 1 aromatic carbocycles. The Kier molecular flexibility index (Phi) is 7.44. The van der Waals surface area contributed by atoms with Crippen LogP contribution in [0.5, 0.6) is 0 Å². The second-order valence-electron chi connectivity index (χ2n) is 7.54. The fraction of sp³-hybridized carbons (Fsp3) is 0.478. The summed E-state index contributed by atoms with van der Waals surface area (Å²) in [6, 6.07) is 8.58. The summed E-state index contributed by atoms with van der Waals surface area (Å²) < 4.78 is 9.98. The van der Waals surface area contributed by atoms with Crippen molar-refractivity contribution in [2.45, 2.75) is 39.2 Å². The van der Waals surface area contributed by atoms with Gasteiger partial charge in [-0.05, 0) is 38.3 Å². The van der Waals surface area contributed by atoms with Crippen LogP contribution in [0.4, 0.5) is 5.69 Å². The van der Waals surface area contributed by atoms with Gasteiger partial charge in [0.25, 0.3) is 5.91 Å². The van der Waals surface area contributed by atoms with E-state index >= 15 is 0 Å².